The zero-order valence-electron chi connectivity index (χ0n) is 12.3. The number of sulfone groups is 1. The molecule has 3 atom stereocenters. The van der Waals surface area contributed by atoms with Gasteiger partial charge in [-0.05, 0) is 50.2 Å². The summed E-state index contributed by atoms with van der Waals surface area (Å²) in [6, 6.07) is 6.16. The molecule has 0 saturated carbocycles. The maximum atomic E-state index is 12.9. The van der Waals surface area contributed by atoms with Crippen LogP contribution in [0.1, 0.15) is 19.3 Å². The van der Waals surface area contributed by atoms with Gasteiger partial charge in [0.2, 0.25) is 0 Å². The van der Waals surface area contributed by atoms with Gasteiger partial charge in [-0.2, -0.15) is 0 Å². The van der Waals surface area contributed by atoms with Crippen molar-refractivity contribution in [3.63, 3.8) is 0 Å². The first-order valence-electron chi connectivity index (χ1n) is 7.57. The molecule has 22 heavy (non-hydrogen) atoms. The van der Waals surface area contributed by atoms with Crippen molar-refractivity contribution in [3.8, 4) is 0 Å². The van der Waals surface area contributed by atoms with Crippen LogP contribution >= 0.6 is 11.6 Å². The maximum absolute atomic E-state index is 12.9. The van der Waals surface area contributed by atoms with Crippen LogP contribution in [-0.4, -0.2) is 53.4 Å². The van der Waals surface area contributed by atoms with Crippen LogP contribution < -0.4 is 0 Å². The van der Waals surface area contributed by atoms with Gasteiger partial charge in [-0.1, -0.05) is 18.0 Å². The minimum absolute atomic E-state index is 0.123. The Kier molecular flexibility index (Phi) is 4.92. The molecule has 2 fully saturated rings. The molecule has 0 aromatic heterocycles. The van der Waals surface area contributed by atoms with Gasteiger partial charge in [-0.3, -0.25) is 9.11 Å². The first kappa shape index (κ1) is 16.4. The van der Waals surface area contributed by atoms with Crippen molar-refractivity contribution < 1.29 is 12.6 Å². The first-order valence-corrected chi connectivity index (χ1v) is 11.0. The zero-order chi connectivity index (χ0) is 15.7. The Balaban J connectivity index is 1.89. The summed E-state index contributed by atoms with van der Waals surface area (Å²) in [4.78, 5) is 2.51. The highest BCUT2D eigenvalue weighted by atomic mass is 35.5. The molecule has 2 aliphatic heterocycles. The summed E-state index contributed by atoms with van der Waals surface area (Å²) in [6.07, 6.45) is 3.38. The van der Waals surface area contributed by atoms with Gasteiger partial charge >= 0.3 is 0 Å². The molecule has 2 saturated heterocycles. The lowest BCUT2D eigenvalue weighted by molar-refractivity contribution is 0.178. The number of hydrogen-bond donors (Lipinski definition) is 0. The molecule has 0 amide bonds. The Morgan fingerprint density at radius 1 is 1.05 bits per heavy atom. The molecule has 2 heterocycles. The van der Waals surface area contributed by atoms with E-state index in [1.54, 1.807) is 24.3 Å². The van der Waals surface area contributed by atoms with Crippen molar-refractivity contribution in [3.05, 3.63) is 29.3 Å². The van der Waals surface area contributed by atoms with E-state index in [-0.39, 0.29) is 16.7 Å². The largest absolute Gasteiger partial charge is 0.298 e. The van der Waals surface area contributed by atoms with Crippen LogP contribution in [0.2, 0.25) is 5.02 Å². The van der Waals surface area contributed by atoms with Gasteiger partial charge in [0.05, 0.1) is 10.1 Å². The van der Waals surface area contributed by atoms with Gasteiger partial charge in [-0.25, -0.2) is 8.42 Å². The van der Waals surface area contributed by atoms with Crippen LogP contribution in [0.5, 0.6) is 0 Å². The SMILES string of the molecule is O=S1C[C@H](N2CCCCC2)[C@@H](S(=O)(=O)c2ccc(Cl)cc2)C1. The molecule has 0 spiro atoms. The molecule has 7 heteroatoms. The van der Waals surface area contributed by atoms with Crippen molar-refractivity contribution in [2.45, 2.75) is 35.4 Å². The minimum Gasteiger partial charge on any atom is -0.298 e. The normalized spacial score (nSPS) is 30.5. The number of hydrogen-bond acceptors (Lipinski definition) is 4. The van der Waals surface area contributed by atoms with E-state index >= 15 is 0 Å². The number of nitrogens with zero attached hydrogens (tertiary/aromatic N) is 1. The molecule has 1 unspecified atom stereocenters. The van der Waals surface area contributed by atoms with Gasteiger partial charge in [0.15, 0.2) is 9.84 Å². The van der Waals surface area contributed by atoms with Crippen LogP contribution in [0.3, 0.4) is 0 Å². The fourth-order valence-corrected chi connectivity index (χ4v) is 7.86. The summed E-state index contributed by atoms with van der Waals surface area (Å²) in [5.41, 5.74) is 0. The summed E-state index contributed by atoms with van der Waals surface area (Å²) in [6.45, 7) is 1.82. The molecule has 0 radical (unpaired) electrons. The molecule has 0 N–H and O–H groups in total. The van der Waals surface area contributed by atoms with Gasteiger partial charge < -0.3 is 0 Å². The maximum Gasteiger partial charge on any atom is 0.183 e. The first-order chi connectivity index (χ1) is 10.5. The molecule has 2 aliphatic rings. The number of likely N-dealkylation sites (tertiary alicyclic amines) is 1. The summed E-state index contributed by atoms with van der Waals surface area (Å²) in [5, 5.41) is -0.0610. The van der Waals surface area contributed by atoms with Crippen molar-refractivity contribution >= 4 is 32.2 Å². The quantitative estimate of drug-likeness (QED) is 0.827. The van der Waals surface area contributed by atoms with E-state index in [1.165, 1.54) is 6.42 Å². The third kappa shape index (κ3) is 3.25. The van der Waals surface area contributed by atoms with E-state index in [2.05, 4.69) is 4.90 Å². The standard InChI is InChI=1S/C15H20ClNO3S2/c16-12-4-6-13(7-5-12)22(19,20)15-11-21(18)10-14(15)17-8-2-1-3-9-17/h4-7,14-15H,1-3,8-11H2/t14-,15-,21?/m0/s1. The predicted molar refractivity (Wildman–Crippen MR) is 89.5 cm³/mol. The fraction of sp³-hybridized carbons (Fsp3) is 0.600. The van der Waals surface area contributed by atoms with Crippen molar-refractivity contribution in [1.29, 1.82) is 0 Å². The Morgan fingerprint density at radius 2 is 1.68 bits per heavy atom. The third-order valence-electron chi connectivity index (χ3n) is 4.54. The summed E-state index contributed by atoms with van der Waals surface area (Å²) < 4.78 is 37.9. The molecular weight excluding hydrogens is 342 g/mol. The Bertz CT molecular complexity index is 654. The molecule has 4 nitrogen and oxygen atoms in total. The number of halogens is 1. The molecule has 3 rings (SSSR count). The summed E-state index contributed by atoms with van der Waals surface area (Å²) in [5.74, 6) is 0.712. The van der Waals surface area contributed by atoms with Gasteiger partial charge in [0, 0.05) is 33.4 Å². The van der Waals surface area contributed by atoms with E-state index < -0.39 is 25.9 Å². The molecule has 0 bridgehead atoms. The predicted octanol–water partition coefficient (Wildman–Crippen LogP) is 2.10. The van der Waals surface area contributed by atoms with Gasteiger partial charge in [0.25, 0.3) is 0 Å². The second-order valence-corrected chi connectivity index (χ2v) is 10.1. The Morgan fingerprint density at radius 3 is 2.32 bits per heavy atom. The third-order valence-corrected chi connectivity index (χ3v) is 8.65. The number of piperidine rings is 1. The lowest BCUT2D eigenvalue weighted by Crippen LogP contribution is -2.48. The average Bonchev–Trinajstić information content (AvgIpc) is 2.91. The van der Waals surface area contributed by atoms with Crippen LogP contribution in [0, 0.1) is 0 Å². The van der Waals surface area contributed by atoms with Crippen molar-refractivity contribution in [2.24, 2.45) is 0 Å². The lowest BCUT2D eigenvalue weighted by Gasteiger charge is -2.34. The van der Waals surface area contributed by atoms with Crippen LogP contribution in [0.25, 0.3) is 0 Å². The molecule has 1 aromatic carbocycles. The lowest BCUT2D eigenvalue weighted by atomic mass is 10.1. The monoisotopic (exact) mass is 361 g/mol. The van der Waals surface area contributed by atoms with Crippen LogP contribution in [0.15, 0.2) is 29.2 Å². The zero-order valence-corrected chi connectivity index (χ0v) is 14.7. The molecule has 122 valence electrons. The molecular formula is C15H20ClNO3S2. The number of rotatable bonds is 3. The second kappa shape index (κ2) is 6.59. The van der Waals surface area contributed by atoms with E-state index in [9.17, 15) is 12.6 Å². The number of benzene rings is 1. The van der Waals surface area contributed by atoms with Crippen LogP contribution in [0.4, 0.5) is 0 Å². The summed E-state index contributed by atoms with van der Waals surface area (Å²) in [7, 11) is -4.54. The second-order valence-electron chi connectivity index (χ2n) is 5.97. The van der Waals surface area contributed by atoms with Gasteiger partial charge in [-0.15, -0.1) is 0 Å². The highest BCUT2D eigenvalue weighted by molar-refractivity contribution is 7.94. The van der Waals surface area contributed by atoms with E-state index in [4.69, 9.17) is 11.6 Å². The molecule has 0 aliphatic carbocycles. The van der Waals surface area contributed by atoms with Gasteiger partial charge in [0.1, 0.15) is 0 Å². The highest BCUT2D eigenvalue weighted by Gasteiger charge is 2.44. The Hall–Kier alpha value is -0.430. The van der Waals surface area contributed by atoms with E-state index in [1.807, 2.05) is 0 Å². The van der Waals surface area contributed by atoms with Crippen molar-refractivity contribution in [1.82, 2.24) is 4.90 Å². The van der Waals surface area contributed by atoms with Crippen LogP contribution in [-0.2, 0) is 20.6 Å². The summed E-state index contributed by atoms with van der Waals surface area (Å²) >= 11 is 5.84. The minimum atomic E-state index is -3.48. The van der Waals surface area contributed by atoms with Crippen molar-refractivity contribution in [2.75, 3.05) is 24.6 Å². The fourth-order valence-electron chi connectivity index (χ4n) is 3.35. The van der Waals surface area contributed by atoms with E-state index in [0.717, 1.165) is 25.9 Å². The highest BCUT2D eigenvalue weighted by Crippen LogP contribution is 2.29. The average molecular weight is 362 g/mol. The van der Waals surface area contributed by atoms with E-state index in [0.29, 0.717) is 10.8 Å². The smallest absolute Gasteiger partial charge is 0.183 e. The molecule has 1 aromatic rings. The Labute approximate surface area is 139 Å². The topological polar surface area (TPSA) is 54.5 Å².